The molecule has 110 valence electrons. The molecule has 0 unspecified atom stereocenters. The van der Waals surface area contributed by atoms with E-state index >= 15 is 0 Å². The van der Waals surface area contributed by atoms with Crippen molar-refractivity contribution in [2.24, 2.45) is 0 Å². The molecule has 0 atom stereocenters. The molecule has 0 saturated heterocycles. The summed E-state index contributed by atoms with van der Waals surface area (Å²) in [5.41, 5.74) is 2.68. The van der Waals surface area contributed by atoms with Gasteiger partial charge in [-0.2, -0.15) is 0 Å². The topological polar surface area (TPSA) is 42.4 Å². The lowest BCUT2D eigenvalue weighted by molar-refractivity contribution is -0.142. The number of ether oxygens (including phenoxy) is 1. The Balaban J connectivity index is 1.79. The Labute approximate surface area is 126 Å². The third-order valence-corrected chi connectivity index (χ3v) is 4.26. The average molecular weight is 306 g/mol. The van der Waals surface area contributed by atoms with Crippen LogP contribution in [0.3, 0.4) is 0 Å². The minimum Gasteiger partial charge on any atom is -0.466 e. The third-order valence-electron chi connectivity index (χ3n) is 3.34. The minimum absolute atomic E-state index is 0.175. The van der Waals surface area contributed by atoms with E-state index in [-0.39, 0.29) is 18.2 Å². The number of aromatic nitrogens is 1. The molecule has 6 heteroatoms. The van der Waals surface area contributed by atoms with Crippen molar-refractivity contribution in [2.75, 3.05) is 18.1 Å². The van der Waals surface area contributed by atoms with Gasteiger partial charge in [0.05, 0.1) is 18.7 Å². The van der Waals surface area contributed by atoms with Crippen molar-refractivity contribution in [1.29, 1.82) is 0 Å². The van der Waals surface area contributed by atoms with E-state index in [1.54, 1.807) is 6.92 Å². The van der Waals surface area contributed by atoms with E-state index in [0.29, 0.717) is 12.3 Å². The maximum atomic E-state index is 13.4. The average Bonchev–Trinajstić information content (AvgIpc) is 3.05. The highest BCUT2D eigenvalue weighted by molar-refractivity contribution is 7.13. The quantitative estimate of drug-likeness (QED) is 0.814. The molecule has 0 saturated carbocycles. The number of thiazole rings is 1. The van der Waals surface area contributed by atoms with E-state index in [9.17, 15) is 9.18 Å². The Kier molecular flexibility index (Phi) is 3.88. The first kappa shape index (κ1) is 14.0. The predicted octanol–water partition coefficient (Wildman–Crippen LogP) is 3.08. The predicted molar refractivity (Wildman–Crippen MR) is 79.6 cm³/mol. The van der Waals surface area contributed by atoms with E-state index in [4.69, 9.17) is 4.74 Å². The molecule has 21 heavy (non-hydrogen) atoms. The number of benzene rings is 1. The van der Waals surface area contributed by atoms with Crippen LogP contribution in [0.15, 0.2) is 23.6 Å². The number of halogens is 1. The van der Waals surface area contributed by atoms with Crippen molar-refractivity contribution in [3.05, 3.63) is 40.7 Å². The Morgan fingerprint density at radius 1 is 1.52 bits per heavy atom. The van der Waals surface area contributed by atoms with Crippen molar-refractivity contribution in [1.82, 2.24) is 4.98 Å². The summed E-state index contributed by atoms with van der Waals surface area (Å²) < 4.78 is 18.3. The molecule has 1 aliphatic rings. The lowest BCUT2D eigenvalue weighted by Gasteiger charge is -2.15. The van der Waals surface area contributed by atoms with Gasteiger partial charge in [0.1, 0.15) is 5.82 Å². The number of fused-ring (bicyclic) bond motifs is 1. The molecule has 0 bridgehead atoms. The maximum Gasteiger partial charge on any atom is 0.311 e. The van der Waals surface area contributed by atoms with Crippen molar-refractivity contribution < 1.29 is 13.9 Å². The molecule has 0 amide bonds. The van der Waals surface area contributed by atoms with Gasteiger partial charge in [0.2, 0.25) is 0 Å². The highest BCUT2D eigenvalue weighted by Crippen LogP contribution is 2.36. The molecule has 1 aromatic carbocycles. The molecule has 4 nitrogen and oxygen atoms in total. The van der Waals surface area contributed by atoms with Crippen LogP contribution in [0.4, 0.5) is 15.2 Å². The molecule has 0 N–H and O–H groups in total. The number of anilines is 2. The van der Waals surface area contributed by atoms with E-state index in [0.717, 1.165) is 29.3 Å². The Morgan fingerprint density at radius 3 is 3.19 bits per heavy atom. The number of carbonyl (C=O) groups is 1. The number of carbonyl (C=O) groups excluding carboxylic acids is 1. The van der Waals surface area contributed by atoms with Gasteiger partial charge in [-0.25, -0.2) is 9.37 Å². The van der Waals surface area contributed by atoms with Crippen molar-refractivity contribution in [3.8, 4) is 0 Å². The van der Waals surface area contributed by atoms with Gasteiger partial charge in [-0.15, -0.1) is 11.3 Å². The lowest BCUT2D eigenvalue weighted by atomic mass is 10.2. The zero-order valence-electron chi connectivity index (χ0n) is 11.6. The first-order valence-corrected chi connectivity index (χ1v) is 7.71. The third kappa shape index (κ3) is 2.90. The van der Waals surface area contributed by atoms with Crippen LogP contribution < -0.4 is 4.90 Å². The maximum absolute atomic E-state index is 13.4. The molecule has 1 aromatic heterocycles. The second kappa shape index (κ2) is 5.81. The van der Waals surface area contributed by atoms with E-state index in [1.165, 1.54) is 23.5 Å². The molecular formula is C15H15FN2O2S. The van der Waals surface area contributed by atoms with Crippen LogP contribution in [0, 0.1) is 5.82 Å². The second-order valence-electron chi connectivity index (χ2n) is 4.78. The minimum atomic E-state index is -0.276. The fourth-order valence-electron chi connectivity index (χ4n) is 2.41. The van der Waals surface area contributed by atoms with Gasteiger partial charge in [0, 0.05) is 17.6 Å². The smallest absolute Gasteiger partial charge is 0.311 e. The largest absolute Gasteiger partial charge is 0.466 e. The SMILES string of the molecule is CCOC(=O)Cc1csc(N2CCc3ccc(F)cc32)n1. The summed E-state index contributed by atoms with van der Waals surface area (Å²) in [6.45, 7) is 2.93. The summed E-state index contributed by atoms with van der Waals surface area (Å²) in [5.74, 6) is -0.522. The van der Waals surface area contributed by atoms with Crippen LogP contribution in [0.25, 0.3) is 0 Å². The first-order valence-electron chi connectivity index (χ1n) is 6.83. The van der Waals surface area contributed by atoms with Crippen LogP contribution in [-0.2, 0) is 22.4 Å². The van der Waals surface area contributed by atoms with Gasteiger partial charge >= 0.3 is 5.97 Å². The molecule has 0 aliphatic carbocycles. The lowest BCUT2D eigenvalue weighted by Crippen LogP contribution is -2.13. The summed E-state index contributed by atoms with van der Waals surface area (Å²) in [6.07, 6.45) is 1.05. The first-order chi connectivity index (χ1) is 10.2. The Hall–Kier alpha value is -1.95. The van der Waals surface area contributed by atoms with Crippen molar-refractivity contribution >= 4 is 28.1 Å². The van der Waals surface area contributed by atoms with Crippen molar-refractivity contribution in [2.45, 2.75) is 19.8 Å². The number of hydrogen-bond acceptors (Lipinski definition) is 5. The van der Waals surface area contributed by atoms with Gasteiger partial charge in [-0.3, -0.25) is 4.79 Å². The van der Waals surface area contributed by atoms with Crippen LogP contribution in [0.2, 0.25) is 0 Å². The highest BCUT2D eigenvalue weighted by atomic mass is 32.1. The summed E-state index contributed by atoms with van der Waals surface area (Å²) in [5, 5.41) is 2.64. The highest BCUT2D eigenvalue weighted by Gasteiger charge is 2.23. The monoisotopic (exact) mass is 306 g/mol. The van der Waals surface area contributed by atoms with Gasteiger partial charge in [0.15, 0.2) is 5.13 Å². The molecule has 3 rings (SSSR count). The second-order valence-corrected chi connectivity index (χ2v) is 5.61. The molecule has 2 aromatic rings. The van der Waals surface area contributed by atoms with E-state index < -0.39 is 0 Å². The number of nitrogens with zero attached hydrogens (tertiary/aromatic N) is 2. The number of hydrogen-bond donors (Lipinski definition) is 0. The van der Waals surface area contributed by atoms with Crippen LogP contribution >= 0.6 is 11.3 Å². The van der Waals surface area contributed by atoms with Crippen LogP contribution in [-0.4, -0.2) is 24.1 Å². The number of esters is 1. The molecule has 0 fully saturated rings. The van der Waals surface area contributed by atoms with Crippen LogP contribution in [0.5, 0.6) is 0 Å². The summed E-state index contributed by atoms with van der Waals surface area (Å²) in [6, 6.07) is 4.84. The zero-order chi connectivity index (χ0) is 14.8. The van der Waals surface area contributed by atoms with Gasteiger partial charge < -0.3 is 9.64 Å². The standard InChI is InChI=1S/C15H15FN2O2S/c1-2-20-14(19)8-12-9-21-15(17-12)18-6-5-10-3-4-11(16)7-13(10)18/h3-4,7,9H,2,5-6,8H2,1H3. The van der Waals surface area contributed by atoms with Gasteiger partial charge in [-0.1, -0.05) is 6.07 Å². The molecule has 0 spiro atoms. The van der Waals surface area contributed by atoms with Gasteiger partial charge in [0.25, 0.3) is 0 Å². The van der Waals surface area contributed by atoms with Crippen LogP contribution in [0.1, 0.15) is 18.2 Å². The zero-order valence-corrected chi connectivity index (χ0v) is 12.5. The van der Waals surface area contributed by atoms with E-state index in [2.05, 4.69) is 4.98 Å². The Bertz CT molecular complexity index is 671. The summed E-state index contributed by atoms with van der Waals surface area (Å²) in [4.78, 5) is 17.9. The molecular weight excluding hydrogens is 291 g/mol. The van der Waals surface area contributed by atoms with E-state index in [1.807, 2.05) is 16.3 Å². The molecule has 2 heterocycles. The number of rotatable bonds is 4. The summed E-state index contributed by atoms with van der Waals surface area (Å²) in [7, 11) is 0. The molecule has 0 radical (unpaired) electrons. The fraction of sp³-hybridized carbons (Fsp3) is 0.333. The fourth-order valence-corrected chi connectivity index (χ4v) is 3.28. The Morgan fingerprint density at radius 2 is 2.38 bits per heavy atom. The normalized spacial score (nSPS) is 13.3. The van der Waals surface area contributed by atoms with Crippen molar-refractivity contribution in [3.63, 3.8) is 0 Å². The van der Waals surface area contributed by atoms with Gasteiger partial charge in [-0.05, 0) is 31.0 Å². The summed E-state index contributed by atoms with van der Waals surface area (Å²) >= 11 is 1.46. The molecule has 1 aliphatic heterocycles.